The summed E-state index contributed by atoms with van der Waals surface area (Å²) in [5, 5.41) is 4.57. The van der Waals surface area contributed by atoms with Gasteiger partial charge in [0.15, 0.2) is 40.5 Å². The monoisotopic (exact) mass is 1170 g/mol. The van der Waals surface area contributed by atoms with Crippen LogP contribution in [0.15, 0.2) is 285 Å². The van der Waals surface area contributed by atoms with Crippen LogP contribution in [-0.4, -0.2) is 34.5 Å². The molecule has 0 bridgehead atoms. The summed E-state index contributed by atoms with van der Waals surface area (Å²) in [5.41, 5.74) is 16.6. The van der Waals surface area contributed by atoms with Crippen LogP contribution in [0.4, 0.5) is 0 Å². The second-order valence-electron chi connectivity index (χ2n) is 23.1. The summed E-state index contributed by atoms with van der Waals surface area (Å²) in [6, 6.07) is 100. The van der Waals surface area contributed by atoms with Crippen LogP contribution in [0.25, 0.3) is 138 Å². The van der Waals surface area contributed by atoms with Gasteiger partial charge in [-0.3, -0.25) is 0 Å². The van der Waals surface area contributed by atoms with Gasteiger partial charge in [0.1, 0.15) is 5.75 Å². The van der Waals surface area contributed by atoms with Gasteiger partial charge in [0, 0.05) is 92.3 Å². The van der Waals surface area contributed by atoms with Gasteiger partial charge < -0.3 is 9.30 Å². The molecule has 0 amide bonds. The first-order valence-corrected chi connectivity index (χ1v) is 31.1. The third kappa shape index (κ3) is 8.88. The Morgan fingerprint density at radius 1 is 0.322 bits per heavy atom. The van der Waals surface area contributed by atoms with E-state index in [1.807, 2.05) is 0 Å². The highest BCUT2D eigenvalue weighted by molar-refractivity contribution is 7.25. The molecule has 5 heterocycles. The Hall–Kier alpha value is -11.5. The van der Waals surface area contributed by atoms with Crippen LogP contribution in [-0.2, 0) is 5.60 Å². The van der Waals surface area contributed by atoms with Crippen molar-refractivity contribution in [2.24, 2.45) is 0 Å². The highest BCUT2D eigenvalue weighted by atomic mass is 32.1. The van der Waals surface area contributed by atoms with E-state index in [0.29, 0.717) is 34.9 Å². The van der Waals surface area contributed by atoms with Gasteiger partial charge in [-0.15, -0.1) is 11.3 Å². The largest absolute Gasteiger partial charge is 0.472 e. The zero-order chi connectivity index (χ0) is 59.9. The normalized spacial score (nSPS) is 12.5. The number of rotatable bonds is 10. The number of nitrogens with zero attached hydrogens (tertiary/aromatic N) is 7. The number of aryl methyl sites for hydroxylation is 2. The zero-order valence-electron chi connectivity index (χ0n) is 49.1. The van der Waals surface area contributed by atoms with Crippen molar-refractivity contribution in [1.82, 2.24) is 34.5 Å². The van der Waals surface area contributed by atoms with Crippen molar-refractivity contribution in [2.45, 2.75) is 19.4 Å². The van der Waals surface area contributed by atoms with E-state index >= 15 is 0 Å². The number of hydrogen-bond donors (Lipinski definition) is 0. The summed E-state index contributed by atoms with van der Waals surface area (Å²) in [7, 11) is 0. The molecule has 8 nitrogen and oxygen atoms in total. The standard InChI is InChI=1S/C81H53N7OS/c1-50-33-37-52(38-34-50)75-82-76(53-39-35-51(2)36-40-53)85-80(84-75)67-47-55(42-44-60(67)54-41-45-62-61-25-12-15-29-68(61)81(89-71(62)48-54,57-19-6-3-7-20-57)58-21-8-4-9-22-58)77-83-78(56-43-46-64-63-26-14-17-32-72(63)90-73(64)49-56)87-79(86-77)66-28-18-31-70-74(66)65-27-13-16-30-69(65)88(70)59-23-10-5-11-24-59/h3-49H,1-2H3. The topological polar surface area (TPSA) is 91.5 Å². The maximum atomic E-state index is 7.66. The molecule has 17 rings (SSSR count). The number of ether oxygens (including phenoxy) is 1. The molecule has 0 N–H and O–H groups in total. The highest BCUT2D eigenvalue weighted by Crippen LogP contribution is 2.53. The number of benzene rings is 12. The molecule has 9 heteroatoms. The molecule has 90 heavy (non-hydrogen) atoms. The lowest BCUT2D eigenvalue weighted by molar-refractivity contribution is 0.152. The maximum Gasteiger partial charge on any atom is 0.185 e. The summed E-state index contributed by atoms with van der Waals surface area (Å²) in [6.45, 7) is 4.18. The minimum Gasteiger partial charge on any atom is -0.472 e. The van der Waals surface area contributed by atoms with E-state index in [1.165, 1.54) is 15.5 Å². The molecule has 0 saturated carbocycles. The summed E-state index contributed by atoms with van der Waals surface area (Å²) >= 11 is 1.78. The van der Waals surface area contributed by atoms with Gasteiger partial charge in [0.05, 0.1) is 11.0 Å². The van der Waals surface area contributed by atoms with Gasteiger partial charge >= 0.3 is 0 Å². The van der Waals surface area contributed by atoms with E-state index in [0.717, 1.165) is 121 Å². The van der Waals surface area contributed by atoms with E-state index in [1.54, 1.807) is 11.3 Å². The Kier molecular flexibility index (Phi) is 12.6. The molecule has 424 valence electrons. The molecule has 1 aliphatic rings. The van der Waals surface area contributed by atoms with E-state index < -0.39 is 5.60 Å². The van der Waals surface area contributed by atoms with Crippen LogP contribution in [0, 0.1) is 13.8 Å². The molecule has 0 aliphatic carbocycles. The molecule has 12 aromatic carbocycles. The third-order valence-corrected chi connectivity index (χ3v) is 18.6. The van der Waals surface area contributed by atoms with Gasteiger partial charge in [0.2, 0.25) is 0 Å². The van der Waals surface area contributed by atoms with E-state index in [-0.39, 0.29) is 0 Å². The average molecular weight is 1170 g/mol. The molecule has 0 spiro atoms. The fourth-order valence-corrected chi connectivity index (χ4v) is 14.3. The van der Waals surface area contributed by atoms with Crippen LogP contribution in [0.3, 0.4) is 0 Å². The lowest BCUT2D eigenvalue weighted by atomic mass is 9.75. The fourth-order valence-electron chi connectivity index (χ4n) is 13.1. The van der Waals surface area contributed by atoms with Crippen molar-refractivity contribution in [2.75, 3.05) is 0 Å². The second kappa shape index (κ2) is 21.4. The Bertz CT molecular complexity index is 5370. The first-order chi connectivity index (χ1) is 44.4. The number of fused-ring (bicyclic) bond motifs is 9. The van der Waals surface area contributed by atoms with Crippen molar-refractivity contribution in [1.29, 1.82) is 0 Å². The third-order valence-electron chi connectivity index (χ3n) is 17.5. The van der Waals surface area contributed by atoms with Gasteiger partial charge in [-0.2, -0.15) is 0 Å². The Balaban J connectivity index is 0.914. The molecule has 0 unspecified atom stereocenters. The Labute approximate surface area is 523 Å². The molecule has 0 radical (unpaired) electrons. The van der Waals surface area contributed by atoms with Crippen molar-refractivity contribution in [3.05, 3.63) is 313 Å². The molecule has 0 atom stereocenters. The van der Waals surface area contributed by atoms with Gasteiger partial charge in [-0.25, -0.2) is 29.9 Å². The van der Waals surface area contributed by atoms with Gasteiger partial charge in [0.25, 0.3) is 0 Å². The van der Waals surface area contributed by atoms with E-state index in [9.17, 15) is 0 Å². The number of para-hydroxylation sites is 2. The highest BCUT2D eigenvalue weighted by Gasteiger charge is 2.44. The summed E-state index contributed by atoms with van der Waals surface area (Å²) in [4.78, 5) is 32.7. The van der Waals surface area contributed by atoms with Crippen LogP contribution in [0.1, 0.15) is 27.8 Å². The average Bonchev–Trinajstić information content (AvgIpc) is 1.01. The number of thiophene rings is 1. The molecule has 16 aromatic rings. The van der Waals surface area contributed by atoms with Gasteiger partial charge in [-0.05, 0) is 79.1 Å². The first kappa shape index (κ1) is 52.8. The fraction of sp³-hybridized carbons (Fsp3) is 0.0370. The minimum atomic E-state index is -0.964. The van der Waals surface area contributed by atoms with Crippen molar-refractivity contribution >= 4 is 53.3 Å². The van der Waals surface area contributed by atoms with Crippen LogP contribution in [0.5, 0.6) is 5.75 Å². The second-order valence-corrected chi connectivity index (χ2v) is 24.2. The Morgan fingerprint density at radius 3 is 1.50 bits per heavy atom. The molecule has 1 aliphatic heterocycles. The molecule has 0 fully saturated rings. The predicted molar refractivity (Wildman–Crippen MR) is 367 cm³/mol. The summed E-state index contributed by atoms with van der Waals surface area (Å²) < 4.78 is 12.4. The summed E-state index contributed by atoms with van der Waals surface area (Å²) in [5.74, 6) is 3.94. The smallest absolute Gasteiger partial charge is 0.185 e. The lowest BCUT2D eigenvalue weighted by Crippen LogP contribution is -2.38. The van der Waals surface area contributed by atoms with Crippen LogP contribution >= 0.6 is 11.3 Å². The predicted octanol–water partition coefficient (Wildman–Crippen LogP) is 20.2. The Morgan fingerprint density at radius 2 is 0.811 bits per heavy atom. The van der Waals surface area contributed by atoms with Crippen LogP contribution in [0.2, 0.25) is 0 Å². The first-order valence-electron chi connectivity index (χ1n) is 30.2. The minimum absolute atomic E-state index is 0.489. The molecular weight excluding hydrogens is 1120 g/mol. The molecule has 4 aromatic heterocycles. The van der Waals surface area contributed by atoms with E-state index in [4.69, 9.17) is 34.6 Å². The van der Waals surface area contributed by atoms with Crippen molar-refractivity contribution in [3.63, 3.8) is 0 Å². The summed E-state index contributed by atoms with van der Waals surface area (Å²) in [6.07, 6.45) is 0. The number of hydrogen-bond acceptors (Lipinski definition) is 8. The van der Waals surface area contributed by atoms with Crippen molar-refractivity contribution in [3.8, 4) is 102 Å². The maximum absolute atomic E-state index is 7.66. The van der Waals surface area contributed by atoms with E-state index in [2.05, 4.69) is 304 Å². The zero-order valence-corrected chi connectivity index (χ0v) is 49.9. The van der Waals surface area contributed by atoms with Crippen LogP contribution < -0.4 is 4.74 Å². The molecular formula is C81H53N7OS. The molecule has 0 saturated heterocycles. The SMILES string of the molecule is Cc1ccc(-c2nc(-c3ccc(C)cc3)nc(-c3cc(-c4nc(-c5ccc6c(c5)sc5ccccc56)nc(-c5cccc6c5c5ccccc5n6-c5ccccc5)n4)ccc3-c3ccc4c(c3)OC(c3ccccc3)(c3ccccc3)c3ccccc3-4)n2)cc1. The van der Waals surface area contributed by atoms with Crippen molar-refractivity contribution < 1.29 is 4.74 Å². The quantitative estimate of drug-likeness (QED) is 0.135. The van der Waals surface area contributed by atoms with Gasteiger partial charge in [-0.1, -0.05) is 248 Å². The lowest BCUT2D eigenvalue weighted by Gasteiger charge is -2.41. The number of aromatic nitrogens is 7.